The summed E-state index contributed by atoms with van der Waals surface area (Å²) in [6, 6.07) is 0. The molecular formula is C16H25N3O. The summed E-state index contributed by atoms with van der Waals surface area (Å²) in [7, 11) is 0. The van der Waals surface area contributed by atoms with E-state index in [0.717, 1.165) is 31.5 Å². The average Bonchev–Trinajstić information content (AvgIpc) is 3.33. The van der Waals surface area contributed by atoms with Crippen LogP contribution in [0.1, 0.15) is 43.5 Å². The van der Waals surface area contributed by atoms with Crippen LogP contribution < -0.4 is 0 Å². The molecule has 0 amide bonds. The first kappa shape index (κ1) is 12.8. The fourth-order valence-corrected chi connectivity index (χ4v) is 3.13. The summed E-state index contributed by atoms with van der Waals surface area (Å²) >= 11 is 0. The SMILES string of the molecule is c1nc(COCC2CC2)c2n1CCCN(CC1CC1)C2. The number of ether oxygens (including phenoxy) is 1. The van der Waals surface area contributed by atoms with Crippen molar-refractivity contribution in [1.29, 1.82) is 0 Å². The molecule has 4 heteroatoms. The number of hydrogen-bond donors (Lipinski definition) is 0. The molecule has 1 aliphatic heterocycles. The third-order valence-electron chi connectivity index (χ3n) is 4.78. The summed E-state index contributed by atoms with van der Waals surface area (Å²) in [5, 5.41) is 0. The van der Waals surface area contributed by atoms with E-state index in [4.69, 9.17) is 4.74 Å². The smallest absolute Gasteiger partial charge is 0.0953 e. The van der Waals surface area contributed by atoms with Gasteiger partial charge in [0.15, 0.2) is 0 Å². The predicted octanol–water partition coefficient (Wildman–Crippen LogP) is 2.43. The molecule has 0 aromatic carbocycles. The molecule has 2 heterocycles. The Bertz CT molecular complexity index is 462. The normalized spacial score (nSPS) is 23.6. The van der Waals surface area contributed by atoms with Crippen molar-refractivity contribution in [3.05, 3.63) is 17.7 Å². The topological polar surface area (TPSA) is 30.3 Å². The van der Waals surface area contributed by atoms with Gasteiger partial charge in [-0.2, -0.15) is 0 Å². The summed E-state index contributed by atoms with van der Waals surface area (Å²) in [6.45, 7) is 6.34. The van der Waals surface area contributed by atoms with Crippen LogP contribution in [0.4, 0.5) is 0 Å². The van der Waals surface area contributed by atoms with Crippen LogP contribution in [0.15, 0.2) is 6.33 Å². The molecule has 0 bridgehead atoms. The molecule has 0 saturated heterocycles. The van der Waals surface area contributed by atoms with E-state index in [1.165, 1.54) is 56.6 Å². The first-order chi connectivity index (χ1) is 9.88. The Labute approximate surface area is 121 Å². The summed E-state index contributed by atoms with van der Waals surface area (Å²) in [5.74, 6) is 1.81. The van der Waals surface area contributed by atoms with Crippen LogP contribution in [0.5, 0.6) is 0 Å². The molecule has 2 aliphatic carbocycles. The highest BCUT2D eigenvalue weighted by atomic mass is 16.5. The van der Waals surface area contributed by atoms with Gasteiger partial charge in [-0.05, 0) is 43.9 Å². The number of aryl methyl sites for hydroxylation is 1. The molecule has 20 heavy (non-hydrogen) atoms. The van der Waals surface area contributed by atoms with Crippen LogP contribution in [-0.2, 0) is 24.4 Å². The van der Waals surface area contributed by atoms with Crippen molar-refractivity contribution in [1.82, 2.24) is 14.5 Å². The second-order valence-electron chi connectivity index (χ2n) is 6.82. The second kappa shape index (κ2) is 5.49. The predicted molar refractivity (Wildman–Crippen MR) is 77.2 cm³/mol. The highest BCUT2D eigenvalue weighted by Gasteiger charge is 2.27. The van der Waals surface area contributed by atoms with Crippen molar-refractivity contribution in [2.45, 2.75) is 51.8 Å². The van der Waals surface area contributed by atoms with Crippen LogP contribution in [0.2, 0.25) is 0 Å². The molecule has 0 N–H and O–H groups in total. The molecule has 2 fully saturated rings. The van der Waals surface area contributed by atoms with Crippen molar-refractivity contribution >= 4 is 0 Å². The van der Waals surface area contributed by atoms with Crippen molar-refractivity contribution in [3.63, 3.8) is 0 Å². The largest absolute Gasteiger partial charge is 0.375 e. The number of rotatable bonds is 6. The van der Waals surface area contributed by atoms with Crippen LogP contribution >= 0.6 is 0 Å². The van der Waals surface area contributed by atoms with E-state index in [-0.39, 0.29) is 0 Å². The van der Waals surface area contributed by atoms with Gasteiger partial charge in [-0.15, -0.1) is 0 Å². The van der Waals surface area contributed by atoms with Crippen LogP contribution in [0, 0.1) is 11.8 Å². The lowest BCUT2D eigenvalue weighted by Crippen LogP contribution is -2.26. The van der Waals surface area contributed by atoms with Gasteiger partial charge in [0.2, 0.25) is 0 Å². The van der Waals surface area contributed by atoms with Crippen LogP contribution in [0.3, 0.4) is 0 Å². The fraction of sp³-hybridized carbons (Fsp3) is 0.812. The Morgan fingerprint density at radius 3 is 2.80 bits per heavy atom. The lowest BCUT2D eigenvalue weighted by atomic mass is 10.3. The summed E-state index contributed by atoms with van der Waals surface area (Å²) in [6.07, 6.45) is 8.86. The molecule has 4 nitrogen and oxygen atoms in total. The molecule has 0 radical (unpaired) electrons. The van der Waals surface area contributed by atoms with Crippen molar-refractivity contribution in [2.24, 2.45) is 11.8 Å². The third kappa shape index (κ3) is 3.07. The van der Waals surface area contributed by atoms with E-state index in [0.29, 0.717) is 6.61 Å². The zero-order valence-corrected chi connectivity index (χ0v) is 12.3. The fourth-order valence-electron chi connectivity index (χ4n) is 3.13. The number of fused-ring (bicyclic) bond motifs is 1. The Kier molecular flexibility index (Phi) is 3.52. The number of aromatic nitrogens is 2. The number of hydrogen-bond acceptors (Lipinski definition) is 3. The molecule has 3 aliphatic rings. The van der Waals surface area contributed by atoms with Crippen molar-refractivity contribution in [3.8, 4) is 0 Å². The standard InChI is InChI=1S/C16H25N3O/c1-6-18(8-13-2-3-13)9-16-15(17-12-19(16)7-1)11-20-10-14-4-5-14/h12-14H,1-11H2. The van der Waals surface area contributed by atoms with Gasteiger partial charge in [-0.25, -0.2) is 4.98 Å². The Morgan fingerprint density at radius 2 is 2.00 bits per heavy atom. The highest BCUT2D eigenvalue weighted by molar-refractivity contribution is 5.13. The minimum absolute atomic E-state index is 0.704. The van der Waals surface area contributed by atoms with Gasteiger partial charge in [-0.3, -0.25) is 4.90 Å². The maximum Gasteiger partial charge on any atom is 0.0953 e. The molecule has 4 rings (SSSR count). The molecule has 0 unspecified atom stereocenters. The average molecular weight is 275 g/mol. The molecule has 2 saturated carbocycles. The van der Waals surface area contributed by atoms with E-state index in [1.54, 1.807) is 0 Å². The van der Waals surface area contributed by atoms with E-state index in [2.05, 4.69) is 14.5 Å². The molecular weight excluding hydrogens is 250 g/mol. The third-order valence-corrected chi connectivity index (χ3v) is 4.78. The molecule has 1 aromatic heterocycles. The van der Waals surface area contributed by atoms with Crippen LogP contribution in [0.25, 0.3) is 0 Å². The van der Waals surface area contributed by atoms with Gasteiger partial charge in [0.05, 0.1) is 24.3 Å². The molecule has 1 aromatic rings. The first-order valence-electron chi connectivity index (χ1n) is 8.21. The number of imidazole rings is 1. The zero-order valence-electron chi connectivity index (χ0n) is 12.3. The lowest BCUT2D eigenvalue weighted by Gasteiger charge is -2.19. The van der Waals surface area contributed by atoms with Crippen molar-refractivity contribution in [2.75, 3.05) is 19.7 Å². The van der Waals surface area contributed by atoms with Gasteiger partial charge < -0.3 is 9.30 Å². The van der Waals surface area contributed by atoms with E-state index in [1.807, 2.05) is 6.33 Å². The van der Waals surface area contributed by atoms with Gasteiger partial charge in [-0.1, -0.05) is 0 Å². The van der Waals surface area contributed by atoms with E-state index >= 15 is 0 Å². The maximum atomic E-state index is 5.84. The van der Waals surface area contributed by atoms with E-state index < -0.39 is 0 Å². The minimum Gasteiger partial charge on any atom is -0.375 e. The monoisotopic (exact) mass is 275 g/mol. The summed E-state index contributed by atoms with van der Waals surface area (Å²) < 4.78 is 8.19. The van der Waals surface area contributed by atoms with Gasteiger partial charge in [0.25, 0.3) is 0 Å². The van der Waals surface area contributed by atoms with Crippen LogP contribution in [-0.4, -0.2) is 34.1 Å². The quantitative estimate of drug-likeness (QED) is 0.799. The highest BCUT2D eigenvalue weighted by Crippen LogP contribution is 2.31. The van der Waals surface area contributed by atoms with Crippen molar-refractivity contribution < 1.29 is 4.74 Å². The van der Waals surface area contributed by atoms with Gasteiger partial charge >= 0.3 is 0 Å². The molecule has 110 valence electrons. The maximum absolute atomic E-state index is 5.84. The molecule has 0 spiro atoms. The first-order valence-corrected chi connectivity index (χ1v) is 8.21. The second-order valence-corrected chi connectivity index (χ2v) is 6.82. The zero-order chi connectivity index (χ0) is 13.4. The Balaban J connectivity index is 1.40. The minimum atomic E-state index is 0.704. The molecule has 0 atom stereocenters. The summed E-state index contributed by atoms with van der Waals surface area (Å²) in [4.78, 5) is 7.22. The lowest BCUT2D eigenvalue weighted by molar-refractivity contribution is 0.107. The Morgan fingerprint density at radius 1 is 1.15 bits per heavy atom. The van der Waals surface area contributed by atoms with Gasteiger partial charge in [0.1, 0.15) is 0 Å². The number of nitrogens with zero attached hydrogens (tertiary/aromatic N) is 3. The van der Waals surface area contributed by atoms with Gasteiger partial charge in [0, 0.05) is 32.8 Å². The Hall–Kier alpha value is -0.870. The summed E-state index contributed by atoms with van der Waals surface area (Å²) in [5.41, 5.74) is 2.58. The van der Waals surface area contributed by atoms with E-state index in [9.17, 15) is 0 Å².